The highest BCUT2D eigenvalue weighted by Crippen LogP contribution is 2.26. The zero-order valence-electron chi connectivity index (χ0n) is 13.6. The largest absolute Gasteiger partial charge is 0.494 e. The Morgan fingerprint density at radius 1 is 1.19 bits per heavy atom. The van der Waals surface area contributed by atoms with Crippen LogP contribution in [0.3, 0.4) is 0 Å². The molecule has 2 atom stereocenters. The fraction of sp³-hybridized carbons (Fsp3) is 0.647. The smallest absolute Gasteiger partial charge is 0.124 e. The second kappa shape index (κ2) is 10.8. The molecule has 1 aromatic carbocycles. The van der Waals surface area contributed by atoms with Crippen molar-refractivity contribution in [3.8, 4) is 5.75 Å². The molecule has 120 valence electrons. The molecule has 2 unspecified atom stereocenters. The average molecular weight is 311 g/mol. The van der Waals surface area contributed by atoms with E-state index in [4.69, 9.17) is 4.74 Å². The van der Waals surface area contributed by atoms with Gasteiger partial charge in [-0.05, 0) is 26.0 Å². The van der Waals surface area contributed by atoms with Crippen LogP contribution in [-0.2, 0) is 10.8 Å². The molecule has 0 bridgehead atoms. The maximum atomic E-state index is 12.3. The van der Waals surface area contributed by atoms with Crippen molar-refractivity contribution in [2.45, 2.75) is 46.1 Å². The summed E-state index contributed by atoms with van der Waals surface area (Å²) < 4.78 is 18.0. The highest BCUT2D eigenvalue weighted by Gasteiger charge is 2.17. The van der Waals surface area contributed by atoms with E-state index in [2.05, 4.69) is 25.2 Å². The molecule has 1 aromatic rings. The van der Waals surface area contributed by atoms with Crippen molar-refractivity contribution in [2.24, 2.45) is 0 Å². The zero-order chi connectivity index (χ0) is 15.5. The third kappa shape index (κ3) is 6.62. The first-order chi connectivity index (χ1) is 10.2. The molecule has 0 radical (unpaired) electrons. The highest BCUT2D eigenvalue weighted by atomic mass is 32.2. The summed E-state index contributed by atoms with van der Waals surface area (Å²) in [5, 5.41) is 3.45. The molecule has 0 saturated heterocycles. The van der Waals surface area contributed by atoms with Crippen LogP contribution in [0.15, 0.2) is 24.3 Å². The molecule has 4 heteroatoms. The van der Waals surface area contributed by atoms with Crippen molar-refractivity contribution in [1.82, 2.24) is 5.32 Å². The van der Waals surface area contributed by atoms with E-state index in [-0.39, 0.29) is 6.04 Å². The molecule has 0 aliphatic carbocycles. The van der Waals surface area contributed by atoms with Crippen LogP contribution in [0.1, 0.15) is 51.6 Å². The lowest BCUT2D eigenvalue weighted by molar-refractivity contribution is 0.333. The summed E-state index contributed by atoms with van der Waals surface area (Å²) in [5.74, 6) is 2.35. The number of para-hydroxylation sites is 1. The minimum atomic E-state index is -0.784. The maximum Gasteiger partial charge on any atom is 0.124 e. The Hall–Kier alpha value is -0.870. The molecule has 0 heterocycles. The second-order valence-corrected chi connectivity index (χ2v) is 6.72. The van der Waals surface area contributed by atoms with E-state index in [0.717, 1.165) is 36.5 Å². The number of benzene rings is 1. The number of unbranched alkanes of at least 4 members (excludes halogenated alkanes) is 2. The van der Waals surface area contributed by atoms with Gasteiger partial charge in [-0.2, -0.15) is 0 Å². The van der Waals surface area contributed by atoms with Crippen molar-refractivity contribution < 1.29 is 8.95 Å². The van der Waals surface area contributed by atoms with Crippen molar-refractivity contribution in [1.29, 1.82) is 0 Å². The third-order valence-corrected chi connectivity index (χ3v) is 4.82. The van der Waals surface area contributed by atoms with Gasteiger partial charge in [-0.15, -0.1) is 0 Å². The SMILES string of the molecule is CCCCCS(=O)CC(NCC)c1ccccc1OCC. The molecule has 1 rings (SSSR count). The molecular formula is C17H29NO2S. The number of hydrogen-bond acceptors (Lipinski definition) is 3. The molecule has 0 fully saturated rings. The van der Waals surface area contributed by atoms with Crippen LogP contribution >= 0.6 is 0 Å². The van der Waals surface area contributed by atoms with E-state index < -0.39 is 10.8 Å². The standard InChI is InChI=1S/C17H29NO2S/c1-4-7-10-13-21(19)14-16(18-5-2)15-11-8-9-12-17(15)20-6-3/h8-9,11-12,16,18H,4-7,10,13-14H2,1-3H3. The summed E-state index contributed by atoms with van der Waals surface area (Å²) in [6.45, 7) is 7.74. The molecule has 0 aliphatic heterocycles. The molecule has 1 N–H and O–H groups in total. The Balaban J connectivity index is 2.74. The highest BCUT2D eigenvalue weighted by molar-refractivity contribution is 7.85. The van der Waals surface area contributed by atoms with Gasteiger partial charge in [-0.1, -0.05) is 44.9 Å². The molecule has 0 spiro atoms. The van der Waals surface area contributed by atoms with Gasteiger partial charge in [0.05, 0.1) is 6.61 Å². The van der Waals surface area contributed by atoms with E-state index in [1.54, 1.807) is 0 Å². The van der Waals surface area contributed by atoms with Crippen LogP contribution in [0.2, 0.25) is 0 Å². The molecule has 0 amide bonds. The van der Waals surface area contributed by atoms with Gasteiger partial charge in [0.25, 0.3) is 0 Å². The van der Waals surface area contributed by atoms with Crippen molar-refractivity contribution in [2.75, 3.05) is 24.7 Å². The van der Waals surface area contributed by atoms with Crippen LogP contribution in [0.25, 0.3) is 0 Å². The van der Waals surface area contributed by atoms with Crippen LogP contribution in [0.4, 0.5) is 0 Å². The number of ether oxygens (including phenoxy) is 1. The molecular weight excluding hydrogens is 282 g/mol. The lowest BCUT2D eigenvalue weighted by Gasteiger charge is -2.21. The first kappa shape index (κ1) is 18.2. The monoisotopic (exact) mass is 311 g/mol. The van der Waals surface area contributed by atoms with Crippen LogP contribution in [0, 0.1) is 0 Å². The van der Waals surface area contributed by atoms with E-state index in [1.807, 2.05) is 25.1 Å². The minimum Gasteiger partial charge on any atom is -0.494 e. The molecule has 0 aliphatic rings. The van der Waals surface area contributed by atoms with Gasteiger partial charge in [0.2, 0.25) is 0 Å². The molecule has 0 saturated carbocycles. The number of rotatable bonds is 11. The Morgan fingerprint density at radius 2 is 1.95 bits per heavy atom. The van der Waals surface area contributed by atoms with Gasteiger partial charge < -0.3 is 10.1 Å². The average Bonchev–Trinajstić information content (AvgIpc) is 2.48. The van der Waals surface area contributed by atoms with E-state index in [9.17, 15) is 4.21 Å². The van der Waals surface area contributed by atoms with Crippen molar-refractivity contribution >= 4 is 10.8 Å². The summed E-state index contributed by atoms with van der Waals surface area (Å²) in [7, 11) is -0.784. The Labute approximate surface area is 131 Å². The van der Waals surface area contributed by atoms with Crippen molar-refractivity contribution in [3.05, 3.63) is 29.8 Å². The van der Waals surface area contributed by atoms with Crippen molar-refractivity contribution in [3.63, 3.8) is 0 Å². The van der Waals surface area contributed by atoms with E-state index >= 15 is 0 Å². The number of nitrogens with one attached hydrogen (secondary N) is 1. The minimum absolute atomic E-state index is 0.0974. The van der Waals surface area contributed by atoms with E-state index in [0.29, 0.717) is 12.4 Å². The predicted molar refractivity (Wildman–Crippen MR) is 91.4 cm³/mol. The predicted octanol–water partition coefficient (Wildman–Crippen LogP) is 3.67. The fourth-order valence-corrected chi connectivity index (χ4v) is 3.70. The van der Waals surface area contributed by atoms with Crippen LogP contribution in [-0.4, -0.2) is 28.9 Å². The topological polar surface area (TPSA) is 38.3 Å². The molecule has 0 aromatic heterocycles. The normalized spacial score (nSPS) is 13.9. The Bertz CT molecular complexity index is 423. The van der Waals surface area contributed by atoms with Gasteiger partial charge in [-0.25, -0.2) is 0 Å². The quantitative estimate of drug-likeness (QED) is 0.634. The van der Waals surface area contributed by atoms with Gasteiger partial charge in [0.1, 0.15) is 5.75 Å². The first-order valence-electron chi connectivity index (χ1n) is 8.02. The van der Waals surface area contributed by atoms with Crippen LogP contribution < -0.4 is 10.1 Å². The third-order valence-electron chi connectivity index (χ3n) is 3.37. The second-order valence-electron chi connectivity index (χ2n) is 5.10. The van der Waals surface area contributed by atoms with Gasteiger partial charge in [0.15, 0.2) is 0 Å². The lowest BCUT2D eigenvalue weighted by Crippen LogP contribution is -2.27. The van der Waals surface area contributed by atoms with Gasteiger partial charge in [-0.3, -0.25) is 4.21 Å². The zero-order valence-corrected chi connectivity index (χ0v) is 14.4. The fourth-order valence-electron chi connectivity index (χ4n) is 2.34. The maximum absolute atomic E-state index is 12.3. The summed E-state index contributed by atoms with van der Waals surface area (Å²) >= 11 is 0. The van der Waals surface area contributed by atoms with Crippen LogP contribution in [0.5, 0.6) is 5.75 Å². The summed E-state index contributed by atoms with van der Waals surface area (Å²) in [4.78, 5) is 0. The summed E-state index contributed by atoms with van der Waals surface area (Å²) in [5.41, 5.74) is 1.12. The molecule has 21 heavy (non-hydrogen) atoms. The molecule has 3 nitrogen and oxygen atoms in total. The summed E-state index contributed by atoms with van der Waals surface area (Å²) in [6.07, 6.45) is 3.38. The summed E-state index contributed by atoms with van der Waals surface area (Å²) in [6, 6.07) is 8.16. The van der Waals surface area contributed by atoms with Gasteiger partial charge >= 0.3 is 0 Å². The van der Waals surface area contributed by atoms with Gasteiger partial charge in [0, 0.05) is 33.9 Å². The first-order valence-corrected chi connectivity index (χ1v) is 9.51. The lowest BCUT2D eigenvalue weighted by atomic mass is 10.1. The Morgan fingerprint density at radius 3 is 2.62 bits per heavy atom. The van der Waals surface area contributed by atoms with E-state index in [1.165, 1.54) is 6.42 Å². The number of hydrogen-bond donors (Lipinski definition) is 1. The Kier molecular flexibility index (Phi) is 9.35.